The summed E-state index contributed by atoms with van der Waals surface area (Å²) >= 11 is 0. The Labute approximate surface area is 230 Å². The molecular weight excluding hydrogens is 543 g/mol. The van der Waals surface area contributed by atoms with Crippen molar-refractivity contribution in [3.8, 4) is 5.75 Å². The quantitative estimate of drug-likeness (QED) is 0.188. The monoisotopic (exact) mass is 574 g/mol. The number of aryl methyl sites for hydroxylation is 2. The van der Waals surface area contributed by atoms with Gasteiger partial charge in [-0.2, -0.15) is 5.10 Å². The minimum Gasteiger partial charge on any atom is -0.790 e. The zero-order chi connectivity index (χ0) is 29.4. The molecule has 1 aliphatic carbocycles. The van der Waals surface area contributed by atoms with Crippen LogP contribution in [0.15, 0.2) is 28.0 Å². The van der Waals surface area contributed by atoms with Gasteiger partial charge in [-0.25, -0.2) is 4.98 Å². The van der Waals surface area contributed by atoms with Crippen LogP contribution in [-0.4, -0.2) is 46.5 Å². The maximum Gasteiger partial charge on any atom is 0.275 e. The highest BCUT2D eigenvalue weighted by Crippen LogP contribution is 2.49. The second-order valence-corrected chi connectivity index (χ2v) is 11.6. The number of nitrogens with one attached hydrogen (secondary N) is 2. The summed E-state index contributed by atoms with van der Waals surface area (Å²) < 4.78 is 22.1. The van der Waals surface area contributed by atoms with Crippen LogP contribution >= 0.6 is 7.82 Å². The van der Waals surface area contributed by atoms with Crippen LogP contribution in [0.1, 0.15) is 60.4 Å². The molecule has 0 spiro atoms. The van der Waals surface area contributed by atoms with E-state index in [0.717, 1.165) is 36.9 Å². The van der Waals surface area contributed by atoms with Gasteiger partial charge in [-0.05, 0) is 36.8 Å². The van der Waals surface area contributed by atoms with Crippen LogP contribution in [0.4, 0.5) is 17.1 Å². The van der Waals surface area contributed by atoms with Crippen LogP contribution in [-0.2, 0) is 16.1 Å². The minimum atomic E-state index is -5.38. The number of phosphoric acid groups is 1. The number of carbonyl (C=O) groups excluding carboxylic acids is 1. The molecule has 0 unspecified atom stereocenters. The topological polar surface area (TPSA) is 191 Å². The molecule has 0 bridgehead atoms. The third-order valence-electron chi connectivity index (χ3n) is 7.15. The molecule has 4 rings (SSSR count). The first-order valence-electron chi connectivity index (χ1n) is 12.6. The highest BCUT2D eigenvalue weighted by molar-refractivity contribution is 7.43. The standard InChI is InChI=1S/C25H33N6O8P/c1-14-12-31(5)29-16(14)23(25(2)9-6-7-10-25)28-18-17(20(32)21(18)33)27-15-8-11-26-19(24(34)30(3)4)22(15)38-13-39-40(35,36)37/h8,11-12,23,28H,6-7,9-10,13H2,1-5H3,(H,26,27)(H2,35,36,37)/p-2/t23-/m0/s1. The fourth-order valence-electron chi connectivity index (χ4n) is 5.09. The van der Waals surface area contributed by atoms with E-state index >= 15 is 0 Å². The SMILES string of the molecule is Cc1cn(C)nc1[C@H](Nc1c(Nc2ccnc(C(=O)N(C)C)c2OCOP(=O)([O-])[O-])c(=O)c1=O)C1(C)CCCC1. The Hall–Kier alpha value is -3.58. The van der Waals surface area contributed by atoms with Gasteiger partial charge in [-0.15, -0.1) is 0 Å². The number of ether oxygens (including phenoxy) is 1. The van der Waals surface area contributed by atoms with Crippen molar-refractivity contribution < 1.29 is 28.4 Å². The summed E-state index contributed by atoms with van der Waals surface area (Å²) in [5.74, 6) is -0.872. The number of amides is 1. The van der Waals surface area contributed by atoms with Crippen LogP contribution in [0, 0.1) is 12.3 Å². The van der Waals surface area contributed by atoms with E-state index < -0.39 is 31.4 Å². The molecule has 2 heterocycles. The lowest BCUT2D eigenvalue weighted by atomic mass is 9.78. The zero-order valence-corrected chi connectivity index (χ0v) is 23.7. The summed E-state index contributed by atoms with van der Waals surface area (Å²) in [6, 6.07) is 1.01. The number of hydrogen-bond donors (Lipinski definition) is 2. The molecule has 1 atom stereocenters. The van der Waals surface area contributed by atoms with Crippen LogP contribution in [0.5, 0.6) is 5.75 Å². The van der Waals surface area contributed by atoms with Crippen LogP contribution < -0.4 is 36.0 Å². The van der Waals surface area contributed by atoms with Crippen LogP contribution in [0.2, 0.25) is 0 Å². The molecule has 2 aromatic heterocycles. The highest BCUT2D eigenvalue weighted by Gasteiger charge is 2.41. The summed E-state index contributed by atoms with van der Waals surface area (Å²) in [5.41, 5.74) is -0.248. The number of carbonyl (C=O) groups is 1. The number of anilines is 3. The number of pyridine rings is 1. The van der Waals surface area contributed by atoms with E-state index in [1.807, 2.05) is 20.2 Å². The Morgan fingerprint density at radius 3 is 2.45 bits per heavy atom. The Morgan fingerprint density at radius 1 is 1.23 bits per heavy atom. The van der Waals surface area contributed by atoms with Gasteiger partial charge >= 0.3 is 0 Å². The van der Waals surface area contributed by atoms with Gasteiger partial charge in [-0.1, -0.05) is 19.8 Å². The summed E-state index contributed by atoms with van der Waals surface area (Å²) in [5, 5.41) is 10.8. The molecule has 0 radical (unpaired) electrons. The predicted octanol–water partition coefficient (Wildman–Crippen LogP) is 1.08. The average Bonchev–Trinajstić information content (AvgIpc) is 3.47. The van der Waals surface area contributed by atoms with Crippen LogP contribution in [0.25, 0.3) is 0 Å². The summed E-state index contributed by atoms with van der Waals surface area (Å²) in [4.78, 5) is 65.4. The maximum absolute atomic E-state index is 12.8. The number of hydrogen-bond acceptors (Lipinski definition) is 12. The molecule has 1 aromatic carbocycles. The Bertz CT molecular complexity index is 1530. The van der Waals surface area contributed by atoms with E-state index in [9.17, 15) is 28.7 Å². The number of rotatable bonds is 11. The second kappa shape index (κ2) is 11.1. The molecule has 0 aliphatic heterocycles. The zero-order valence-electron chi connectivity index (χ0n) is 22.8. The smallest absolute Gasteiger partial charge is 0.275 e. The molecule has 0 saturated heterocycles. The van der Waals surface area contributed by atoms with Crippen molar-refractivity contribution in [1.29, 1.82) is 0 Å². The van der Waals surface area contributed by atoms with Crippen molar-refractivity contribution in [2.24, 2.45) is 12.5 Å². The fourth-order valence-corrected chi connectivity index (χ4v) is 5.27. The molecule has 1 aliphatic rings. The van der Waals surface area contributed by atoms with Crippen LogP contribution in [0.3, 0.4) is 0 Å². The highest BCUT2D eigenvalue weighted by atomic mass is 31.2. The van der Waals surface area contributed by atoms with E-state index in [1.165, 1.54) is 31.3 Å². The first-order chi connectivity index (χ1) is 18.7. The average molecular weight is 575 g/mol. The maximum atomic E-state index is 12.8. The van der Waals surface area contributed by atoms with E-state index in [1.54, 1.807) is 4.68 Å². The summed E-state index contributed by atoms with van der Waals surface area (Å²) in [7, 11) is -0.627. The molecule has 1 amide bonds. The van der Waals surface area contributed by atoms with Crippen molar-refractivity contribution in [3.63, 3.8) is 0 Å². The van der Waals surface area contributed by atoms with Crippen molar-refractivity contribution in [1.82, 2.24) is 19.7 Å². The minimum absolute atomic E-state index is 0.0308. The number of phosphoric ester groups is 1. The first-order valence-corrected chi connectivity index (χ1v) is 14.0. The summed E-state index contributed by atoms with van der Waals surface area (Å²) in [6.45, 7) is 3.03. The van der Waals surface area contributed by atoms with Gasteiger partial charge in [0.25, 0.3) is 16.8 Å². The lowest BCUT2D eigenvalue weighted by Crippen LogP contribution is -2.40. The van der Waals surface area contributed by atoms with Crippen molar-refractivity contribution in [3.05, 3.63) is 55.9 Å². The third-order valence-corrected chi connectivity index (χ3v) is 7.57. The van der Waals surface area contributed by atoms with Gasteiger partial charge in [0.1, 0.15) is 11.4 Å². The second-order valence-electron chi connectivity index (χ2n) is 10.4. The normalized spacial score (nSPS) is 15.7. The Kier molecular flexibility index (Phi) is 8.18. The molecule has 1 saturated carbocycles. The van der Waals surface area contributed by atoms with E-state index in [-0.39, 0.29) is 40.0 Å². The fraction of sp³-hybridized carbons (Fsp3) is 0.480. The van der Waals surface area contributed by atoms with Crippen molar-refractivity contribution >= 4 is 30.8 Å². The van der Waals surface area contributed by atoms with Gasteiger partial charge in [-0.3, -0.25) is 19.1 Å². The van der Waals surface area contributed by atoms with E-state index in [4.69, 9.17) is 4.74 Å². The van der Waals surface area contributed by atoms with Gasteiger partial charge in [0.05, 0.1) is 25.2 Å². The lowest BCUT2D eigenvalue weighted by molar-refractivity contribution is -0.344. The first kappa shape index (κ1) is 29.4. The number of aromatic nitrogens is 3. The van der Waals surface area contributed by atoms with Crippen molar-refractivity contribution in [2.45, 2.75) is 45.6 Å². The molecule has 40 heavy (non-hydrogen) atoms. The molecule has 2 N–H and O–H groups in total. The van der Waals surface area contributed by atoms with E-state index in [0.29, 0.717) is 0 Å². The van der Waals surface area contributed by atoms with E-state index in [2.05, 4.69) is 32.2 Å². The lowest BCUT2D eigenvalue weighted by Gasteiger charge is -2.35. The van der Waals surface area contributed by atoms with Gasteiger partial charge in [0.2, 0.25) is 0 Å². The van der Waals surface area contributed by atoms with Gasteiger partial charge in [0.15, 0.2) is 18.2 Å². The molecule has 3 aromatic rings. The Balaban J connectivity index is 1.72. The molecule has 216 valence electrons. The van der Waals surface area contributed by atoms with Gasteiger partial charge in [0, 0.05) is 33.5 Å². The molecular formula is C25H31N6O8P-2. The molecule has 14 nitrogen and oxygen atoms in total. The third kappa shape index (κ3) is 5.94. The number of nitrogens with zero attached hydrogens (tertiary/aromatic N) is 4. The molecule has 1 fully saturated rings. The van der Waals surface area contributed by atoms with Gasteiger partial charge < -0.3 is 39.1 Å². The molecule has 15 heteroatoms. The Morgan fingerprint density at radius 2 is 1.88 bits per heavy atom. The summed E-state index contributed by atoms with van der Waals surface area (Å²) in [6.07, 6.45) is 7.02. The largest absolute Gasteiger partial charge is 0.790 e. The predicted molar refractivity (Wildman–Crippen MR) is 142 cm³/mol. The van der Waals surface area contributed by atoms with Crippen molar-refractivity contribution in [2.75, 3.05) is 31.5 Å².